The van der Waals surface area contributed by atoms with Gasteiger partial charge in [0.15, 0.2) is 11.5 Å². The number of rotatable bonds is 10. The van der Waals surface area contributed by atoms with Crippen LogP contribution in [0.25, 0.3) is 11.3 Å². The summed E-state index contributed by atoms with van der Waals surface area (Å²) >= 11 is 0. The van der Waals surface area contributed by atoms with Gasteiger partial charge in [-0.1, -0.05) is 79.7 Å². The molecule has 6 nitrogen and oxygen atoms in total. The van der Waals surface area contributed by atoms with E-state index in [2.05, 4.69) is 19.0 Å². The number of benzene rings is 3. The molecule has 6 heteroatoms. The van der Waals surface area contributed by atoms with Gasteiger partial charge in [-0.2, -0.15) is 0 Å². The quantitative estimate of drug-likeness (QED) is 0.223. The zero-order valence-corrected chi connectivity index (χ0v) is 21.1. The van der Waals surface area contributed by atoms with Crippen LogP contribution in [0.1, 0.15) is 59.4 Å². The molecule has 0 spiro atoms. The fraction of sp³-hybridized carbons (Fsp3) is 0.267. The van der Waals surface area contributed by atoms with Crippen LogP contribution >= 0.6 is 0 Å². The summed E-state index contributed by atoms with van der Waals surface area (Å²) in [5.74, 6) is 1.45. The van der Waals surface area contributed by atoms with Gasteiger partial charge in [-0.25, -0.2) is 4.79 Å². The molecule has 4 rings (SSSR count). The third kappa shape index (κ3) is 5.77. The van der Waals surface area contributed by atoms with E-state index in [9.17, 15) is 4.79 Å². The van der Waals surface area contributed by atoms with Gasteiger partial charge in [0, 0.05) is 11.6 Å². The Morgan fingerprint density at radius 1 is 0.889 bits per heavy atom. The number of hydrogen-bond acceptors (Lipinski definition) is 6. The second kappa shape index (κ2) is 11.6. The average Bonchev–Trinajstić information content (AvgIpc) is 3.28. The highest BCUT2D eigenvalue weighted by molar-refractivity contribution is 5.91. The second-order valence-electron chi connectivity index (χ2n) is 8.80. The lowest BCUT2D eigenvalue weighted by molar-refractivity contribution is 0.0514. The van der Waals surface area contributed by atoms with Crippen molar-refractivity contribution in [2.45, 2.75) is 46.8 Å². The Morgan fingerprint density at radius 2 is 1.47 bits per heavy atom. The van der Waals surface area contributed by atoms with E-state index in [1.165, 1.54) is 0 Å². The van der Waals surface area contributed by atoms with Gasteiger partial charge in [-0.3, -0.25) is 0 Å². The second-order valence-corrected chi connectivity index (χ2v) is 8.80. The summed E-state index contributed by atoms with van der Waals surface area (Å²) in [4.78, 5) is 12.4. The Hall–Kier alpha value is -4.06. The topological polar surface area (TPSA) is 70.8 Å². The smallest absolute Gasteiger partial charge is 0.360 e. The predicted molar refractivity (Wildman–Crippen MR) is 138 cm³/mol. The van der Waals surface area contributed by atoms with Crippen molar-refractivity contribution in [1.29, 1.82) is 0 Å². The molecule has 0 aliphatic carbocycles. The van der Waals surface area contributed by atoms with Gasteiger partial charge >= 0.3 is 5.97 Å². The zero-order chi connectivity index (χ0) is 25.5. The predicted octanol–water partition coefficient (Wildman–Crippen LogP) is 7.11. The number of carbonyl (C=O) groups excluding carboxylic acids is 1. The van der Waals surface area contributed by atoms with Crippen molar-refractivity contribution in [3.8, 4) is 22.8 Å². The molecule has 0 saturated carbocycles. The van der Waals surface area contributed by atoms with Gasteiger partial charge in [0.2, 0.25) is 0 Å². The van der Waals surface area contributed by atoms with Crippen LogP contribution in [-0.4, -0.2) is 17.7 Å². The lowest BCUT2D eigenvalue weighted by Gasteiger charge is -2.19. The molecule has 4 aromatic rings. The van der Waals surface area contributed by atoms with Gasteiger partial charge in [0.1, 0.15) is 24.7 Å². The van der Waals surface area contributed by atoms with Crippen LogP contribution in [0.5, 0.6) is 11.5 Å². The molecule has 0 saturated heterocycles. The molecular formula is C30H31NO5. The van der Waals surface area contributed by atoms with Crippen molar-refractivity contribution in [1.82, 2.24) is 5.16 Å². The Balaban J connectivity index is 1.75. The summed E-state index contributed by atoms with van der Waals surface area (Å²) in [6.45, 7) is 8.83. The van der Waals surface area contributed by atoms with E-state index in [4.69, 9.17) is 18.7 Å². The van der Waals surface area contributed by atoms with E-state index < -0.39 is 5.97 Å². The summed E-state index contributed by atoms with van der Waals surface area (Å²) in [6.07, 6.45) is 0. The van der Waals surface area contributed by atoms with Crippen LogP contribution in [0.4, 0.5) is 0 Å². The first kappa shape index (κ1) is 25.0. The summed E-state index contributed by atoms with van der Waals surface area (Å²) in [5, 5.41) is 4.01. The van der Waals surface area contributed by atoms with Gasteiger partial charge in [-0.05, 0) is 42.5 Å². The van der Waals surface area contributed by atoms with Gasteiger partial charge in [0.25, 0.3) is 0 Å². The van der Waals surface area contributed by atoms with Crippen molar-refractivity contribution in [2.75, 3.05) is 6.61 Å². The number of nitrogens with zero attached hydrogens (tertiary/aromatic N) is 1. The van der Waals surface area contributed by atoms with Crippen LogP contribution in [0.3, 0.4) is 0 Å². The van der Waals surface area contributed by atoms with Crippen LogP contribution in [0.15, 0.2) is 77.3 Å². The number of esters is 1. The fourth-order valence-electron chi connectivity index (χ4n) is 3.90. The highest BCUT2D eigenvalue weighted by Gasteiger charge is 2.25. The SMILES string of the molecule is CCOC(=O)c1noc(-c2cc(C(C)C)c(OCc3ccccc3)cc2OCc2ccccc2)c1C. The van der Waals surface area contributed by atoms with E-state index in [0.29, 0.717) is 35.9 Å². The number of ether oxygens (including phenoxy) is 3. The van der Waals surface area contributed by atoms with E-state index in [1.807, 2.05) is 72.8 Å². The molecule has 0 radical (unpaired) electrons. The Kier molecular flexibility index (Phi) is 8.06. The Labute approximate surface area is 211 Å². The molecule has 36 heavy (non-hydrogen) atoms. The monoisotopic (exact) mass is 485 g/mol. The van der Waals surface area contributed by atoms with Crippen LogP contribution in [-0.2, 0) is 18.0 Å². The molecule has 0 atom stereocenters. The first-order chi connectivity index (χ1) is 17.5. The maximum absolute atomic E-state index is 12.4. The van der Waals surface area contributed by atoms with Crippen LogP contribution in [0, 0.1) is 6.92 Å². The number of carbonyl (C=O) groups is 1. The normalized spacial score (nSPS) is 10.9. The van der Waals surface area contributed by atoms with Gasteiger partial charge < -0.3 is 18.7 Å². The van der Waals surface area contributed by atoms with Crippen molar-refractivity contribution in [2.24, 2.45) is 0 Å². The maximum Gasteiger partial charge on any atom is 0.360 e. The fourth-order valence-corrected chi connectivity index (χ4v) is 3.90. The summed E-state index contributed by atoms with van der Waals surface area (Å²) in [7, 11) is 0. The molecule has 0 bridgehead atoms. The van der Waals surface area contributed by atoms with E-state index in [1.54, 1.807) is 13.8 Å². The molecule has 186 valence electrons. The highest BCUT2D eigenvalue weighted by atomic mass is 16.5. The molecule has 1 heterocycles. The molecule has 1 aromatic heterocycles. The minimum atomic E-state index is -0.511. The molecule has 0 amide bonds. The first-order valence-electron chi connectivity index (χ1n) is 12.1. The van der Waals surface area contributed by atoms with E-state index >= 15 is 0 Å². The largest absolute Gasteiger partial charge is 0.488 e. The molecule has 0 fully saturated rings. The minimum absolute atomic E-state index is 0.163. The first-order valence-corrected chi connectivity index (χ1v) is 12.1. The molecule has 0 aliphatic heterocycles. The molecular weight excluding hydrogens is 454 g/mol. The third-order valence-electron chi connectivity index (χ3n) is 5.85. The lowest BCUT2D eigenvalue weighted by Crippen LogP contribution is -2.06. The van der Waals surface area contributed by atoms with Crippen LogP contribution < -0.4 is 9.47 Å². The number of hydrogen-bond donors (Lipinski definition) is 0. The minimum Gasteiger partial charge on any atom is -0.488 e. The summed E-state index contributed by atoms with van der Waals surface area (Å²) in [5.41, 5.74) is 4.59. The standard InChI is InChI=1S/C30H31NO5/c1-5-33-30(32)28-21(4)29(36-31-28)25-16-24(20(2)3)26(34-18-22-12-8-6-9-13-22)17-27(25)35-19-23-14-10-7-11-15-23/h6-17,20H,5,18-19H2,1-4H3. The highest BCUT2D eigenvalue weighted by Crippen LogP contribution is 2.41. The third-order valence-corrected chi connectivity index (χ3v) is 5.85. The van der Waals surface area contributed by atoms with Crippen molar-refractivity contribution >= 4 is 5.97 Å². The Bertz CT molecular complexity index is 1300. The van der Waals surface area contributed by atoms with E-state index in [-0.39, 0.29) is 18.2 Å². The lowest BCUT2D eigenvalue weighted by atomic mass is 9.96. The van der Waals surface area contributed by atoms with Crippen molar-refractivity contribution in [3.63, 3.8) is 0 Å². The van der Waals surface area contributed by atoms with Crippen LogP contribution in [0.2, 0.25) is 0 Å². The molecule has 0 unspecified atom stereocenters. The van der Waals surface area contributed by atoms with Crippen molar-refractivity contribution < 1.29 is 23.5 Å². The van der Waals surface area contributed by atoms with Gasteiger partial charge in [-0.15, -0.1) is 0 Å². The van der Waals surface area contributed by atoms with E-state index in [0.717, 1.165) is 22.4 Å². The summed E-state index contributed by atoms with van der Waals surface area (Å²) in [6, 6.07) is 23.9. The summed E-state index contributed by atoms with van der Waals surface area (Å²) < 4.78 is 23.4. The molecule has 3 aromatic carbocycles. The van der Waals surface area contributed by atoms with Gasteiger partial charge in [0.05, 0.1) is 12.2 Å². The zero-order valence-electron chi connectivity index (χ0n) is 21.1. The number of aromatic nitrogens is 1. The Morgan fingerprint density at radius 3 is 2.03 bits per heavy atom. The van der Waals surface area contributed by atoms with Crippen molar-refractivity contribution in [3.05, 3.63) is 101 Å². The molecule has 0 aliphatic rings. The maximum atomic E-state index is 12.4. The average molecular weight is 486 g/mol. The molecule has 0 N–H and O–H groups in total.